The third-order valence-corrected chi connectivity index (χ3v) is 1.30. The number of rotatable bonds is 1. The highest BCUT2D eigenvalue weighted by molar-refractivity contribution is 5.46. The zero-order valence-corrected chi connectivity index (χ0v) is 6.12. The number of hydrogen-bond acceptors (Lipinski definition) is 5. The monoisotopic (exact) mass is 159 g/mol. The maximum atomic E-state index is 3.99. The van der Waals surface area contributed by atoms with Gasteiger partial charge in [-0.15, -0.1) is 0 Å². The molecule has 0 aliphatic rings. The summed E-state index contributed by atoms with van der Waals surface area (Å²) in [6, 6.07) is 1.75. The van der Waals surface area contributed by atoms with Gasteiger partial charge in [-0.1, -0.05) is 0 Å². The molecule has 0 unspecified atom stereocenters. The molecule has 58 valence electrons. The highest BCUT2D eigenvalue weighted by Gasteiger charge is 1.98. The van der Waals surface area contributed by atoms with Crippen LogP contribution in [-0.4, -0.2) is 24.9 Å². The lowest BCUT2D eigenvalue weighted by molar-refractivity contribution is 1.03. The van der Waals surface area contributed by atoms with Crippen LogP contribution in [-0.2, 0) is 0 Å². The summed E-state index contributed by atoms with van der Waals surface area (Å²) < 4.78 is 0. The second-order valence-corrected chi connectivity index (χ2v) is 2.06. The van der Waals surface area contributed by atoms with E-state index in [4.69, 9.17) is 0 Å². The zero-order valence-electron chi connectivity index (χ0n) is 6.12. The van der Waals surface area contributed by atoms with Crippen molar-refractivity contribution in [1.29, 1.82) is 0 Å². The maximum Gasteiger partial charge on any atom is 0.181 e. The second-order valence-electron chi connectivity index (χ2n) is 2.06. The van der Waals surface area contributed by atoms with Crippen LogP contribution in [0.15, 0.2) is 31.2 Å². The molecule has 0 saturated carbocycles. The van der Waals surface area contributed by atoms with Crippen molar-refractivity contribution < 1.29 is 0 Å². The van der Waals surface area contributed by atoms with E-state index in [1.54, 1.807) is 12.3 Å². The summed E-state index contributed by atoms with van der Waals surface area (Å²) in [5.74, 6) is 0.562. The molecule has 2 heterocycles. The van der Waals surface area contributed by atoms with Gasteiger partial charge >= 0.3 is 0 Å². The first-order valence-corrected chi connectivity index (χ1v) is 3.35. The molecule has 0 atom stereocenters. The highest BCUT2D eigenvalue weighted by atomic mass is 15.0. The summed E-state index contributed by atoms with van der Waals surface area (Å²) >= 11 is 0. The van der Waals surface area contributed by atoms with Crippen LogP contribution < -0.4 is 0 Å². The van der Waals surface area contributed by atoms with Gasteiger partial charge in [0.15, 0.2) is 5.82 Å². The predicted octanol–water partition coefficient (Wildman–Crippen LogP) is 0.329. The van der Waals surface area contributed by atoms with Gasteiger partial charge in [-0.05, 0) is 6.07 Å². The molecule has 5 nitrogen and oxygen atoms in total. The Labute approximate surface area is 68.6 Å². The molecular formula is C7H5N5. The van der Waals surface area contributed by atoms with E-state index in [9.17, 15) is 0 Å². The molecule has 0 radical (unpaired) electrons. The van der Waals surface area contributed by atoms with Crippen molar-refractivity contribution >= 4 is 0 Å². The molecule has 12 heavy (non-hydrogen) atoms. The Kier molecular flexibility index (Phi) is 1.69. The fraction of sp³-hybridized carbons (Fsp3) is 0. The molecule has 2 aromatic rings. The molecule has 0 aliphatic carbocycles. The van der Waals surface area contributed by atoms with E-state index in [-0.39, 0.29) is 0 Å². The molecule has 0 aromatic carbocycles. The van der Waals surface area contributed by atoms with Crippen LogP contribution >= 0.6 is 0 Å². The van der Waals surface area contributed by atoms with Gasteiger partial charge in [0.25, 0.3) is 0 Å². The molecule has 2 rings (SSSR count). The van der Waals surface area contributed by atoms with E-state index in [1.165, 1.54) is 19.0 Å². The molecule has 0 fully saturated rings. The van der Waals surface area contributed by atoms with Crippen LogP contribution in [0.2, 0.25) is 0 Å². The molecule has 0 N–H and O–H groups in total. The first kappa shape index (κ1) is 6.78. The van der Waals surface area contributed by atoms with E-state index < -0.39 is 0 Å². The van der Waals surface area contributed by atoms with Crippen molar-refractivity contribution in [3.8, 4) is 11.5 Å². The normalized spacial score (nSPS) is 9.67. The van der Waals surface area contributed by atoms with E-state index >= 15 is 0 Å². The minimum atomic E-state index is 0.562. The third kappa shape index (κ3) is 1.24. The largest absolute Gasteiger partial charge is 0.245 e. The fourth-order valence-electron chi connectivity index (χ4n) is 0.794. The van der Waals surface area contributed by atoms with Crippen LogP contribution in [0.3, 0.4) is 0 Å². The average molecular weight is 159 g/mol. The van der Waals surface area contributed by atoms with Crippen LogP contribution in [0.25, 0.3) is 11.5 Å². The van der Waals surface area contributed by atoms with Gasteiger partial charge in [0.1, 0.15) is 24.7 Å². The molecule has 0 aliphatic heterocycles. The Morgan fingerprint density at radius 3 is 2.25 bits per heavy atom. The SMILES string of the molecule is c1cc(-c2ncncn2)ncn1. The maximum absolute atomic E-state index is 3.99. The lowest BCUT2D eigenvalue weighted by Gasteiger charge is -1.94. The van der Waals surface area contributed by atoms with E-state index in [1.807, 2.05) is 0 Å². The first-order valence-electron chi connectivity index (χ1n) is 3.35. The predicted molar refractivity (Wildman–Crippen MR) is 40.9 cm³/mol. The Balaban J connectivity index is 2.46. The summed E-state index contributed by atoms with van der Waals surface area (Å²) in [7, 11) is 0. The minimum absolute atomic E-state index is 0.562. The Bertz CT molecular complexity index is 309. The van der Waals surface area contributed by atoms with Crippen molar-refractivity contribution in [3.63, 3.8) is 0 Å². The quantitative estimate of drug-likeness (QED) is 0.599. The van der Waals surface area contributed by atoms with E-state index in [0.717, 1.165) is 0 Å². The standard InChI is InChI=1S/C7H5N5/c1-2-8-3-10-6(1)7-11-4-9-5-12-7/h1-5H. The summed E-state index contributed by atoms with van der Waals surface area (Å²) in [6.45, 7) is 0. The smallest absolute Gasteiger partial charge is 0.181 e. The zero-order chi connectivity index (χ0) is 8.23. The Hall–Kier alpha value is -1.91. The lowest BCUT2D eigenvalue weighted by Crippen LogP contribution is -1.91. The third-order valence-electron chi connectivity index (χ3n) is 1.30. The molecule has 0 amide bonds. The topological polar surface area (TPSA) is 64.5 Å². The van der Waals surface area contributed by atoms with Gasteiger partial charge in [-0.2, -0.15) is 0 Å². The summed E-state index contributed by atoms with van der Waals surface area (Å²) in [5.41, 5.74) is 0.701. The van der Waals surface area contributed by atoms with Crippen LogP contribution in [0.5, 0.6) is 0 Å². The highest BCUT2D eigenvalue weighted by Crippen LogP contribution is 2.05. The van der Waals surface area contributed by atoms with Crippen molar-refractivity contribution in [1.82, 2.24) is 24.9 Å². The Morgan fingerprint density at radius 1 is 0.833 bits per heavy atom. The van der Waals surface area contributed by atoms with Gasteiger partial charge in [-0.25, -0.2) is 24.9 Å². The van der Waals surface area contributed by atoms with Gasteiger partial charge in [-0.3, -0.25) is 0 Å². The van der Waals surface area contributed by atoms with Gasteiger partial charge in [0, 0.05) is 6.20 Å². The fourth-order valence-corrected chi connectivity index (χ4v) is 0.794. The molecule has 0 saturated heterocycles. The van der Waals surface area contributed by atoms with Crippen molar-refractivity contribution in [3.05, 3.63) is 31.2 Å². The summed E-state index contributed by atoms with van der Waals surface area (Å²) in [4.78, 5) is 19.4. The second kappa shape index (κ2) is 3.00. The van der Waals surface area contributed by atoms with E-state index in [2.05, 4.69) is 24.9 Å². The van der Waals surface area contributed by atoms with E-state index in [0.29, 0.717) is 11.5 Å². The van der Waals surface area contributed by atoms with Crippen LogP contribution in [0.4, 0.5) is 0 Å². The average Bonchev–Trinajstić information content (AvgIpc) is 2.21. The van der Waals surface area contributed by atoms with Crippen molar-refractivity contribution in [2.24, 2.45) is 0 Å². The molecule has 5 heteroatoms. The van der Waals surface area contributed by atoms with Gasteiger partial charge in [0.05, 0.1) is 0 Å². The first-order chi connectivity index (χ1) is 5.97. The van der Waals surface area contributed by atoms with Crippen LogP contribution in [0.1, 0.15) is 0 Å². The van der Waals surface area contributed by atoms with Crippen molar-refractivity contribution in [2.45, 2.75) is 0 Å². The minimum Gasteiger partial charge on any atom is -0.245 e. The molecule has 0 bridgehead atoms. The molecule has 2 aromatic heterocycles. The Morgan fingerprint density at radius 2 is 1.58 bits per heavy atom. The lowest BCUT2D eigenvalue weighted by atomic mass is 10.4. The molecule has 0 spiro atoms. The summed E-state index contributed by atoms with van der Waals surface area (Å²) in [6.07, 6.45) is 5.97. The van der Waals surface area contributed by atoms with Crippen molar-refractivity contribution in [2.75, 3.05) is 0 Å². The van der Waals surface area contributed by atoms with Gasteiger partial charge in [0.2, 0.25) is 0 Å². The van der Waals surface area contributed by atoms with Gasteiger partial charge < -0.3 is 0 Å². The number of aromatic nitrogens is 5. The molecular weight excluding hydrogens is 154 g/mol. The number of nitrogens with zero attached hydrogens (tertiary/aromatic N) is 5. The summed E-state index contributed by atoms with van der Waals surface area (Å²) in [5, 5.41) is 0. The number of hydrogen-bond donors (Lipinski definition) is 0. The van der Waals surface area contributed by atoms with Crippen LogP contribution in [0, 0.1) is 0 Å².